The normalized spacial score (nSPS) is 17.1. The van der Waals surface area contributed by atoms with E-state index in [-0.39, 0.29) is 18.3 Å². The van der Waals surface area contributed by atoms with E-state index >= 15 is 0 Å². The molecule has 0 atom stereocenters. The van der Waals surface area contributed by atoms with Crippen LogP contribution in [0.5, 0.6) is 11.5 Å². The van der Waals surface area contributed by atoms with Crippen LogP contribution in [0.4, 0.5) is 4.39 Å². The number of phenolic OH excluding ortho intramolecular Hbond substituents is 1. The summed E-state index contributed by atoms with van der Waals surface area (Å²) in [5.74, 6) is 1.10. The highest BCUT2D eigenvalue weighted by atomic mass is 19.1. The molecule has 1 aromatic carbocycles. The number of halogens is 1. The van der Waals surface area contributed by atoms with Crippen LogP contribution in [0.1, 0.15) is 0 Å². The molecule has 1 saturated heterocycles. The number of benzene rings is 1. The molecule has 1 aromatic rings. The third kappa shape index (κ3) is 2.85. The van der Waals surface area contributed by atoms with E-state index < -0.39 is 0 Å². The average Bonchev–Trinajstić information content (AvgIpc) is 2.21. The summed E-state index contributed by atoms with van der Waals surface area (Å²) in [6.07, 6.45) is 0. The van der Waals surface area contributed by atoms with Crippen molar-refractivity contribution in [3.05, 3.63) is 24.3 Å². The first kappa shape index (κ1) is 11.2. The summed E-state index contributed by atoms with van der Waals surface area (Å²) in [7, 11) is 0. The van der Waals surface area contributed by atoms with E-state index in [4.69, 9.17) is 4.74 Å². The van der Waals surface area contributed by atoms with Gasteiger partial charge in [-0.25, -0.2) is 0 Å². The third-order valence-corrected chi connectivity index (χ3v) is 2.74. The first-order chi connectivity index (χ1) is 7.78. The van der Waals surface area contributed by atoms with Gasteiger partial charge in [-0.1, -0.05) is 6.07 Å². The first-order valence-corrected chi connectivity index (χ1v) is 5.48. The topological polar surface area (TPSA) is 32.7 Å². The van der Waals surface area contributed by atoms with E-state index in [1.165, 1.54) is 0 Å². The second kappa shape index (κ2) is 5.16. The van der Waals surface area contributed by atoms with Crippen molar-refractivity contribution < 1.29 is 14.2 Å². The van der Waals surface area contributed by atoms with E-state index in [1.807, 2.05) is 0 Å². The number of nitrogens with zero attached hydrogens (tertiary/aromatic N) is 1. The quantitative estimate of drug-likeness (QED) is 0.827. The van der Waals surface area contributed by atoms with Gasteiger partial charge in [-0.05, 0) is 12.1 Å². The van der Waals surface area contributed by atoms with Crippen molar-refractivity contribution >= 4 is 0 Å². The maximum Gasteiger partial charge on any atom is 0.123 e. The standard InChI is InChI=1S/C12H16FNO2/c13-7-10-8-14(9-10)4-5-16-12-3-1-2-11(15)6-12/h1-3,6,10,15H,4-5,7-9H2. The Hall–Kier alpha value is -1.29. The van der Waals surface area contributed by atoms with Crippen molar-refractivity contribution in [2.45, 2.75) is 0 Å². The average molecular weight is 225 g/mol. The fraction of sp³-hybridized carbons (Fsp3) is 0.500. The number of alkyl halides is 1. The van der Waals surface area contributed by atoms with Gasteiger partial charge in [-0.2, -0.15) is 0 Å². The van der Waals surface area contributed by atoms with Crippen molar-refractivity contribution in [1.29, 1.82) is 0 Å². The summed E-state index contributed by atoms with van der Waals surface area (Å²) in [5.41, 5.74) is 0. The maximum atomic E-state index is 12.2. The summed E-state index contributed by atoms with van der Waals surface area (Å²) >= 11 is 0. The second-order valence-electron chi connectivity index (χ2n) is 4.13. The molecule has 16 heavy (non-hydrogen) atoms. The molecule has 1 N–H and O–H groups in total. The van der Waals surface area contributed by atoms with Crippen LogP contribution in [0.15, 0.2) is 24.3 Å². The van der Waals surface area contributed by atoms with Crippen molar-refractivity contribution in [2.24, 2.45) is 5.92 Å². The van der Waals surface area contributed by atoms with Crippen molar-refractivity contribution in [3.63, 3.8) is 0 Å². The predicted molar refractivity (Wildman–Crippen MR) is 59.5 cm³/mol. The molecule has 0 bridgehead atoms. The molecule has 0 amide bonds. The van der Waals surface area contributed by atoms with E-state index in [0.29, 0.717) is 12.4 Å². The SMILES string of the molecule is Oc1cccc(OCCN2CC(CF)C2)c1. The minimum absolute atomic E-state index is 0.207. The van der Waals surface area contributed by atoms with E-state index in [1.54, 1.807) is 24.3 Å². The molecule has 0 spiro atoms. The molecule has 3 nitrogen and oxygen atoms in total. The van der Waals surface area contributed by atoms with Crippen LogP contribution in [0.2, 0.25) is 0 Å². The fourth-order valence-electron chi connectivity index (χ4n) is 1.82. The van der Waals surface area contributed by atoms with Crippen molar-refractivity contribution in [3.8, 4) is 11.5 Å². The van der Waals surface area contributed by atoms with Crippen LogP contribution in [0.25, 0.3) is 0 Å². The molecule has 4 heteroatoms. The second-order valence-corrected chi connectivity index (χ2v) is 4.13. The molecule has 2 rings (SSSR count). The van der Waals surface area contributed by atoms with Gasteiger partial charge in [0, 0.05) is 31.6 Å². The fourth-order valence-corrected chi connectivity index (χ4v) is 1.82. The first-order valence-electron chi connectivity index (χ1n) is 5.48. The zero-order valence-electron chi connectivity index (χ0n) is 9.10. The number of hydrogen-bond donors (Lipinski definition) is 1. The number of hydrogen-bond acceptors (Lipinski definition) is 3. The van der Waals surface area contributed by atoms with Gasteiger partial charge in [0.05, 0.1) is 6.67 Å². The lowest BCUT2D eigenvalue weighted by molar-refractivity contribution is 0.0668. The van der Waals surface area contributed by atoms with Crippen LogP contribution in [0, 0.1) is 5.92 Å². The van der Waals surface area contributed by atoms with Crippen molar-refractivity contribution in [1.82, 2.24) is 4.90 Å². The number of phenols is 1. The summed E-state index contributed by atoms with van der Waals surface area (Å²) in [6, 6.07) is 6.74. The highest BCUT2D eigenvalue weighted by Crippen LogP contribution is 2.18. The molecule has 0 saturated carbocycles. The largest absolute Gasteiger partial charge is 0.508 e. The number of ether oxygens (including phenoxy) is 1. The van der Waals surface area contributed by atoms with Gasteiger partial charge < -0.3 is 9.84 Å². The van der Waals surface area contributed by atoms with E-state index in [0.717, 1.165) is 19.6 Å². The Bertz CT molecular complexity index is 340. The summed E-state index contributed by atoms with van der Waals surface area (Å²) in [5, 5.41) is 9.21. The number of aromatic hydroxyl groups is 1. The van der Waals surface area contributed by atoms with Gasteiger partial charge >= 0.3 is 0 Å². The Labute approximate surface area is 94.4 Å². The van der Waals surface area contributed by atoms with Gasteiger partial charge in [0.1, 0.15) is 18.1 Å². The molecule has 88 valence electrons. The Balaban J connectivity index is 1.65. The lowest BCUT2D eigenvalue weighted by atomic mass is 10.0. The van der Waals surface area contributed by atoms with Crippen LogP contribution in [-0.2, 0) is 0 Å². The molecular formula is C12H16FNO2. The monoisotopic (exact) mass is 225 g/mol. The van der Waals surface area contributed by atoms with Crippen LogP contribution < -0.4 is 4.74 Å². The van der Waals surface area contributed by atoms with Crippen LogP contribution in [-0.4, -0.2) is 42.9 Å². The van der Waals surface area contributed by atoms with E-state index in [9.17, 15) is 9.50 Å². The lowest BCUT2D eigenvalue weighted by Crippen LogP contribution is -2.49. The highest BCUT2D eigenvalue weighted by molar-refractivity contribution is 5.31. The summed E-state index contributed by atoms with van der Waals surface area (Å²) < 4.78 is 17.6. The number of likely N-dealkylation sites (tertiary alicyclic amines) is 1. The molecule has 0 radical (unpaired) electrons. The van der Waals surface area contributed by atoms with E-state index in [2.05, 4.69) is 4.90 Å². The van der Waals surface area contributed by atoms with Gasteiger partial charge in [0.15, 0.2) is 0 Å². The predicted octanol–water partition coefficient (Wildman–Crippen LogP) is 1.67. The van der Waals surface area contributed by atoms with Crippen LogP contribution >= 0.6 is 0 Å². The Morgan fingerprint density at radius 3 is 2.94 bits per heavy atom. The van der Waals surface area contributed by atoms with Gasteiger partial charge in [0.25, 0.3) is 0 Å². The summed E-state index contributed by atoms with van der Waals surface area (Å²) in [6.45, 7) is 2.83. The smallest absolute Gasteiger partial charge is 0.123 e. The highest BCUT2D eigenvalue weighted by Gasteiger charge is 2.25. The van der Waals surface area contributed by atoms with Crippen LogP contribution in [0.3, 0.4) is 0 Å². The molecule has 1 aliphatic heterocycles. The van der Waals surface area contributed by atoms with Gasteiger partial charge in [-0.3, -0.25) is 9.29 Å². The Kier molecular flexibility index (Phi) is 3.62. The molecule has 0 unspecified atom stereocenters. The molecule has 1 heterocycles. The molecule has 1 aliphatic rings. The minimum atomic E-state index is -0.218. The number of rotatable bonds is 5. The zero-order chi connectivity index (χ0) is 11.4. The summed E-state index contributed by atoms with van der Waals surface area (Å²) in [4.78, 5) is 2.16. The molecule has 1 fully saturated rings. The minimum Gasteiger partial charge on any atom is -0.508 e. The zero-order valence-corrected chi connectivity index (χ0v) is 9.10. The maximum absolute atomic E-state index is 12.2. The molecule has 0 aliphatic carbocycles. The van der Waals surface area contributed by atoms with Gasteiger partial charge in [0.2, 0.25) is 0 Å². The lowest BCUT2D eigenvalue weighted by Gasteiger charge is -2.37. The molecule has 0 aromatic heterocycles. The third-order valence-electron chi connectivity index (χ3n) is 2.74. The Morgan fingerprint density at radius 2 is 2.25 bits per heavy atom. The molecular weight excluding hydrogens is 209 g/mol. The van der Waals surface area contributed by atoms with Crippen molar-refractivity contribution in [2.75, 3.05) is 32.9 Å². The Morgan fingerprint density at radius 1 is 1.44 bits per heavy atom. The van der Waals surface area contributed by atoms with Gasteiger partial charge in [-0.15, -0.1) is 0 Å².